The van der Waals surface area contributed by atoms with E-state index in [1.54, 1.807) is 18.8 Å². The molecule has 0 fully saturated rings. The maximum Gasteiger partial charge on any atom is 0.261 e. The first-order valence-electron chi connectivity index (χ1n) is 5.04. The van der Waals surface area contributed by atoms with Crippen LogP contribution in [0.25, 0.3) is 0 Å². The summed E-state index contributed by atoms with van der Waals surface area (Å²) in [6, 6.07) is 0. The van der Waals surface area contributed by atoms with E-state index in [-0.39, 0.29) is 16.1 Å². The number of halogens is 1. The van der Waals surface area contributed by atoms with Crippen LogP contribution >= 0.6 is 23.4 Å². The Morgan fingerprint density at radius 3 is 2.76 bits per heavy atom. The lowest BCUT2D eigenvalue weighted by Crippen LogP contribution is -2.29. The number of rotatable bonds is 6. The molecule has 17 heavy (non-hydrogen) atoms. The molecule has 98 valence electrons. The molecule has 1 unspecified atom stereocenters. The number of aryl methyl sites for hydroxylation is 1. The summed E-state index contributed by atoms with van der Waals surface area (Å²) in [6.45, 7) is 2.37. The van der Waals surface area contributed by atoms with Crippen LogP contribution < -0.4 is 4.72 Å². The highest BCUT2D eigenvalue weighted by molar-refractivity contribution is 7.98. The maximum absolute atomic E-state index is 11.9. The van der Waals surface area contributed by atoms with Crippen molar-refractivity contribution in [1.82, 2.24) is 14.3 Å². The molecule has 0 aromatic carbocycles. The molecule has 0 bridgehead atoms. The second-order valence-electron chi connectivity index (χ2n) is 3.86. The third-order valence-corrected chi connectivity index (χ3v) is 4.98. The number of hydrogen-bond acceptors (Lipinski definition) is 4. The summed E-state index contributed by atoms with van der Waals surface area (Å²) in [7, 11) is -1.96. The SMILES string of the molecule is CSCC(C)CNS(=O)(=O)c1ncn(C)c1Cl. The monoisotopic (exact) mass is 297 g/mol. The second-order valence-corrected chi connectivity index (χ2v) is 6.81. The summed E-state index contributed by atoms with van der Waals surface area (Å²) >= 11 is 7.53. The summed E-state index contributed by atoms with van der Waals surface area (Å²) in [5, 5.41) is 0.00744. The van der Waals surface area contributed by atoms with Crippen molar-refractivity contribution >= 4 is 33.4 Å². The van der Waals surface area contributed by atoms with Crippen molar-refractivity contribution in [2.75, 3.05) is 18.6 Å². The van der Waals surface area contributed by atoms with Crippen LogP contribution in [0, 0.1) is 5.92 Å². The van der Waals surface area contributed by atoms with Gasteiger partial charge in [0, 0.05) is 13.6 Å². The van der Waals surface area contributed by atoms with E-state index in [1.165, 1.54) is 10.9 Å². The second kappa shape index (κ2) is 6.08. The van der Waals surface area contributed by atoms with Crippen LogP contribution in [0.4, 0.5) is 0 Å². The zero-order chi connectivity index (χ0) is 13.1. The number of sulfonamides is 1. The molecular weight excluding hydrogens is 282 g/mol. The molecular formula is C9H16ClN3O2S2. The van der Waals surface area contributed by atoms with Crippen LogP contribution in [0.15, 0.2) is 11.4 Å². The van der Waals surface area contributed by atoms with Gasteiger partial charge in [0.15, 0.2) is 0 Å². The number of hydrogen-bond donors (Lipinski definition) is 1. The van der Waals surface area contributed by atoms with Crippen LogP contribution in [0.3, 0.4) is 0 Å². The average molecular weight is 298 g/mol. The zero-order valence-electron chi connectivity index (χ0n) is 9.97. The molecule has 1 atom stereocenters. The maximum atomic E-state index is 11.9. The van der Waals surface area contributed by atoms with Crippen molar-refractivity contribution in [2.45, 2.75) is 11.9 Å². The molecule has 0 spiro atoms. The number of thioether (sulfide) groups is 1. The highest BCUT2D eigenvalue weighted by atomic mass is 35.5. The molecule has 1 N–H and O–H groups in total. The van der Waals surface area contributed by atoms with E-state index < -0.39 is 10.0 Å². The lowest BCUT2D eigenvalue weighted by molar-refractivity contribution is 0.560. The molecule has 0 aliphatic heterocycles. The third-order valence-electron chi connectivity index (χ3n) is 2.16. The molecule has 1 rings (SSSR count). The Morgan fingerprint density at radius 2 is 2.29 bits per heavy atom. The quantitative estimate of drug-likeness (QED) is 0.861. The first-order chi connectivity index (χ1) is 7.88. The first-order valence-corrected chi connectivity index (χ1v) is 8.29. The molecule has 5 nitrogen and oxygen atoms in total. The van der Waals surface area contributed by atoms with E-state index >= 15 is 0 Å². The van der Waals surface area contributed by atoms with Crippen molar-refractivity contribution in [1.29, 1.82) is 0 Å². The minimum atomic E-state index is -3.61. The van der Waals surface area contributed by atoms with E-state index in [4.69, 9.17) is 11.6 Å². The fourth-order valence-corrected chi connectivity index (χ4v) is 3.51. The Bertz CT molecular complexity index is 473. The van der Waals surface area contributed by atoms with E-state index in [1.807, 2.05) is 13.2 Å². The van der Waals surface area contributed by atoms with Gasteiger partial charge in [0.25, 0.3) is 10.0 Å². The van der Waals surface area contributed by atoms with Gasteiger partial charge in [-0.2, -0.15) is 11.8 Å². The lowest BCUT2D eigenvalue weighted by Gasteiger charge is -2.10. The van der Waals surface area contributed by atoms with E-state index in [2.05, 4.69) is 9.71 Å². The van der Waals surface area contributed by atoms with E-state index in [9.17, 15) is 8.42 Å². The standard InChI is InChI=1S/C9H16ClN3O2S2/c1-7(5-16-3)4-12-17(14,15)9-8(10)13(2)6-11-9/h6-7,12H,4-5H2,1-3H3. The zero-order valence-corrected chi connectivity index (χ0v) is 12.4. The van der Waals surface area contributed by atoms with Crippen LogP contribution in [-0.4, -0.2) is 36.5 Å². The van der Waals surface area contributed by atoms with E-state index in [0.717, 1.165) is 5.75 Å². The van der Waals surface area contributed by atoms with Gasteiger partial charge in [-0.3, -0.25) is 0 Å². The lowest BCUT2D eigenvalue weighted by atomic mass is 10.2. The van der Waals surface area contributed by atoms with Crippen molar-refractivity contribution in [3.8, 4) is 0 Å². The van der Waals surface area contributed by atoms with Crippen LogP contribution in [-0.2, 0) is 17.1 Å². The molecule has 0 saturated carbocycles. The largest absolute Gasteiger partial charge is 0.324 e. The summed E-state index contributed by atoms with van der Waals surface area (Å²) in [6.07, 6.45) is 3.36. The third kappa shape index (κ3) is 3.87. The Morgan fingerprint density at radius 1 is 1.65 bits per heavy atom. The van der Waals surface area contributed by atoms with Gasteiger partial charge >= 0.3 is 0 Å². The van der Waals surface area contributed by atoms with Gasteiger partial charge in [0.1, 0.15) is 5.15 Å². The van der Waals surface area contributed by atoms with Gasteiger partial charge in [-0.05, 0) is 17.9 Å². The minimum absolute atomic E-state index is 0.113. The van der Waals surface area contributed by atoms with Crippen molar-refractivity contribution in [3.05, 3.63) is 11.5 Å². The molecule has 0 saturated heterocycles. The van der Waals surface area contributed by atoms with Gasteiger partial charge in [-0.25, -0.2) is 18.1 Å². The number of imidazole rings is 1. The van der Waals surface area contributed by atoms with Gasteiger partial charge in [-0.1, -0.05) is 18.5 Å². The number of nitrogens with one attached hydrogen (secondary N) is 1. The summed E-state index contributed by atoms with van der Waals surface area (Å²) in [5.41, 5.74) is 0. The predicted octanol–water partition coefficient (Wildman–Crippen LogP) is 1.35. The Balaban J connectivity index is 2.73. The van der Waals surface area contributed by atoms with Gasteiger partial charge in [-0.15, -0.1) is 0 Å². The molecule has 0 amide bonds. The van der Waals surface area contributed by atoms with Crippen LogP contribution in [0.1, 0.15) is 6.92 Å². The highest BCUT2D eigenvalue weighted by Crippen LogP contribution is 2.18. The Hall–Kier alpha value is -0.240. The highest BCUT2D eigenvalue weighted by Gasteiger charge is 2.22. The number of aromatic nitrogens is 2. The molecule has 1 aromatic heterocycles. The summed E-state index contributed by atoms with van der Waals surface area (Å²) in [5.74, 6) is 1.17. The first kappa shape index (κ1) is 14.8. The van der Waals surface area contributed by atoms with Crippen molar-refractivity contribution in [3.63, 3.8) is 0 Å². The molecule has 0 aliphatic rings. The van der Waals surface area contributed by atoms with Gasteiger partial charge in [0.05, 0.1) is 6.33 Å². The Kier molecular flexibility index (Phi) is 5.30. The smallest absolute Gasteiger partial charge is 0.261 e. The van der Waals surface area contributed by atoms with Crippen LogP contribution in [0.5, 0.6) is 0 Å². The van der Waals surface area contributed by atoms with E-state index in [0.29, 0.717) is 6.54 Å². The molecule has 1 heterocycles. The number of nitrogens with zero attached hydrogens (tertiary/aromatic N) is 2. The summed E-state index contributed by atoms with van der Waals surface area (Å²) < 4.78 is 27.8. The molecule has 0 radical (unpaired) electrons. The topological polar surface area (TPSA) is 64.0 Å². The van der Waals surface area contributed by atoms with Gasteiger partial charge in [0.2, 0.25) is 5.03 Å². The normalized spacial score (nSPS) is 13.9. The summed E-state index contributed by atoms with van der Waals surface area (Å²) in [4.78, 5) is 3.79. The molecule has 8 heteroatoms. The van der Waals surface area contributed by atoms with Crippen molar-refractivity contribution in [2.24, 2.45) is 13.0 Å². The van der Waals surface area contributed by atoms with Crippen LogP contribution in [0.2, 0.25) is 5.15 Å². The fourth-order valence-electron chi connectivity index (χ4n) is 1.24. The van der Waals surface area contributed by atoms with Crippen molar-refractivity contribution < 1.29 is 8.42 Å². The minimum Gasteiger partial charge on any atom is -0.324 e. The predicted molar refractivity (Wildman–Crippen MR) is 71.0 cm³/mol. The van der Waals surface area contributed by atoms with Gasteiger partial charge < -0.3 is 4.57 Å². The fraction of sp³-hybridized carbons (Fsp3) is 0.667. The molecule has 0 aliphatic carbocycles. The average Bonchev–Trinajstić information content (AvgIpc) is 2.58. The molecule has 1 aromatic rings. The Labute approximate surface area is 111 Å².